The van der Waals surface area contributed by atoms with E-state index < -0.39 is 0 Å². The largest absolute Gasteiger partial charge is 0.356 e. The Bertz CT molecular complexity index is 555. The first-order valence-electron chi connectivity index (χ1n) is 7.55. The van der Waals surface area contributed by atoms with Gasteiger partial charge in [0.05, 0.1) is 10.0 Å². The zero-order valence-corrected chi connectivity index (χ0v) is 14.1. The number of carbonyl (C=O) groups is 2. The molecule has 0 atom stereocenters. The predicted molar refractivity (Wildman–Crippen MR) is 88.4 cm³/mol. The predicted octanol–water partition coefficient (Wildman–Crippen LogP) is 3.37. The number of hydrogen-bond acceptors (Lipinski definition) is 2. The van der Waals surface area contributed by atoms with Crippen LogP contribution in [0.2, 0.25) is 10.0 Å². The maximum atomic E-state index is 12.4. The van der Waals surface area contributed by atoms with E-state index >= 15 is 0 Å². The summed E-state index contributed by atoms with van der Waals surface area (Å²) < 4.78 is 0. The van der Waals surface area contributed by atoms with Crippen molar-refractivity contribution < 1.29 is 9.59 Å². The molecule has 1 aromatic carbocycles. The van der Waals surface area contributed by atoms with Gasteiger partial charge in [0, 0.05) is 31.1 Å². The van der Waals surface area contributed by atoms with Gasteiger partial charge >= 0.3 is 0 Å². The van der Waals surface area contributed by atoms with E-state index in [-0.39, 0.29) is 17.7 Å². The lowest BCUT2D eigenvalue weighted by atomic mass is 9.95. The second kappa shape index (κ2) is 7.84. The van der Waals surface area contributed by atoms with Crippen LogP contribution >= 0.6 is 23.2 Å². The number of nitrogens with one attached hydrogen (secondary N) is 1. The van der Waals surface area contributed by atoms with E-state index in [9.17, 15) is 9.59 Å². The van der Waals surface area contributed by atoms with Crippen LogP contribution in [0.15, 0.2) is 18.2 Å². The molecular weight excluding hydrogens is 323 g/mol. The normalized spacial score (nSPS) is 15.7. The van der Waals surface area contributed by atoms with E-state index in [4.69, 9.17) is 23.2 Å². The second-order valence-corrected chi connectivity index (χ2v) is 6.30. The number of piperidine rings is 1. The molecule has 0 saturated carbocycles. The molecule has 0 aliphatic carbocycles. The molecule has 0 radical (unpaired) electrons. The maximum Gasteiger partial charge on any atom is 0.253 e. The lowest BCUT2D eigenvalue weighted by Gasteiger charge is -2.31. The number of amides is 2. The van der Waals surface area contributed by atoms with E-state index in [0.717, 1.165) is 6.42 Å². The van der Waals surface area contributed by atoms with Crippen molar-refractivity contribution in [3.8, 4) is 0 Å². The Morgan fingerprint density at radius 1 is 1.23 bits per heavy atom. The Morgan fingerprint density at radius 3 is 2.50 bits per heavy atom. The highest BCUT2D eigenvalue weighted by atomic mass is 35.5. The number of halogens is 2. The van der Waals surface area contributed by atoms with Gasteiger partial charge in [0.1, 0.15) is 0 Å². The van der Waals surface area contributed by atoms with E-state index in [1.807, 2.05) is 6.92 Å². The zero-order chi connectivity index (χ0) is 16.1. The smallest absolute Gasteiger partial charge is 0.253 e. The molecule has 1 aromatic rings. The van der Waals surface area contributed by atoms with Gasteiger partial charge in [0.25, 0.3) is 5.91 Å². The van der Waals surface area contributed by atoms with Gasteiger partial charge in [-0.25, -0.2) is 0 Å². The van der Waals surface area contributed by atoms with Gasteiger partial charge in [0.2, 0.25) is 5.91 Å². The molecule has 0 bridgehead atoms. The van der Waals surface area contributed by atoms with E-state index in [0.29, 0.717) is 48.1 Å². The van der Waals surface area contributed by atoms with Crippen molar-refractivity contribution in [1.29, 1.82) is 0 Å². The fourth-order valence-electron chi connectivity index (χ4n) is 2.55. The van der Waals surface area contributed by atoms with Crippen LogP contribution in [0, 0.1) is 5.92 Å². The Kier molecular flexibility index (Phi) is 6.09. The fourth-order valence-corrected chi connectivity index (χ4v) is 2.85. The highest BCUT2D eigenvalue weighted by Gasteiger charge is 2.27. The van der Waals surface area contributed by atoms with Gasteiger partial charge in [-0.3, -0.25) is 9.59 Å². The topological polar surface area (TPSA) is 49.4 Å². The van der Waals surface area contributed by atoms with E-state index in [1.165, 1.54) is 0 Å². The highest BCUT2D eigenvalue weighted by Crippen LogP contribution is 2.25. The highest BCUT2D eigenvalue weighted by molar-refractivity contribution is 6.42. The van der Waals surface area contributed by atoms with Crippen molar-refractivity contribution in [3.05, 3.63) is 33.8 Å². The molecule has 2 rings (SSSR count). The Morgan fingerprint density at radius 2 is 1.91 bits per heavy atom. The Balaban J connectivity index is 1.92. The standard InChI is InChI=1S/C16H20Cl2N2O2/c1-2-7-19-15(21)11-5-8-20(9-6-11)16(22)12-3-4-13(17)14(18)10-12/h3-4,10-11H,2,5-9H2,1H3,(H,19,21). The lowest BCUT2D eigenvalue weighted by Crippen LogP contribution is -2.43. The minimum Gasteiger partial charge on any atom is -0.356 e. The van der Waals surface area contributed by atoms with Crippen LogP contribution in [0.5, 0.6) is 0 Å². The molecule has 6 heteroatoms. The molecule has 22 heavy (non-hydrogen) atoms. The first kappa shape index (κ1) is 17.1. The van der Waals surface area contributed by atoms with Crippen molar-refractivity contribution in [3.63, 3.8) is 0 Å². The third-order valence-electron chi connectivity index (χ3n) is 3.87. The van der Waals surface area contributed by atoms with Crippen LogP contribution in [0.4, 0.5) is 0 Å². The van der Waals surface area contributed by atoms with E-state index in [1.54, 1.807) is 23.1 Å². The summed E-state index contributed by atoms with van der Waals surface area (Å²) in [5.74, 6) is 0.0406. The number of hydrogen-bond donors (Lipinski definition) is 1. The first-order valence-corrected chi connectivity index (χ1v) is 8.30. The third kappa shape index (κ3) is 4.14. The summed E-state index contributed by atoms with van der Waals surface area (Å²) in [4.78, 5) is 26.1. The van der Waals surface area contributed by atoms with Gasteiger partial charge in [-0.15, -0.1) is 0 Å². The monoisotopic (exact) mass is 342 g/mol. The van der Waals surface area contributed by atoms with Gasteiger partial charge < -0.3 is 10.2 Å². The summed E-state index contributed by atoms with van der Waals surface area (Å²) in [5.41, 5.74) is 0.531. The van der Waals surface area contributed by atoms with Crippen molar-refractivity contribution in [2.24, 2.45) is 5.92 Å². The number of benzene rings is 1. The molecule has 1 heterocycles. The second-order valence-electron chi connectivity index (χ2n) is 5.49. The Hall–Kier alpha value is -1.26. The summed E-state index contributed by atoms with van der Waals surface area (Å²) in [6, 6.07) is 4.89. The quantitative estimate of drug-likeness (QED) is 0.911. The van der Waals surface area contributed by atoms with Crippen molar-refractivity contribution >= 4 is 35.0 Å². The summed E-state index contributed by atoms with van der Waals surface area (Å²) >= 11 is 11.8. The SMILES string of the molecule is CCCNC(=O)C1CCN(C(=O)c2ccc(Cl)c(Cl)c2)CC1. The molecule has 1 aliphatic heterocycles. The summed E-state index contributed by atoms with van der Waals surface area (Å²) in [6.45, 7) is 3.91. The third-order valence-corrected chi connectivity index (χ3v) is 4.61. The molecule has 1 N–H and O–H groups in total. The van der Waals surface area contributed by atoms with E-state index in [2.05, 4.69) is 5.32 Å². The fraction of sp³-hybridized carbons (Fsp3) is 0.500. The van der Waals surface area contributed by atoms with Crippen LogP contribution in [-0.2, 0) is 4.79 Å². The summed E-state index contributed by atoms with van der Waals surface area (Å²) in [6.07, 6.45) is 2.33. The van der Waals surface area contributed by atoms with Crippen molar-refractivity contribution in [2.75, 3.05) is 19.6 Å². The van der Waals surface area contributed by atoms with Crippen LogP contribution in [0.3, 0.4) is 0 Å². The molecule has 1 aliphatic rings. The minimum absolute atomic E-state index is 0.00408. The zero-order valence-electron chi connectivity index (χ0n) is 12.6. The Labute approximate surface area is 140 Å². The molecule has 1 fully saturated rings. The molecule has 4 nitrogen and oxygen atoms in total. The number of carbonyl (C=O) groups excluding carboxylic acids is 2. The van der Waals surface area contributed by atoms with Gasteiger partial charge in [-0.2, -0.15) is 0 Å². The van der Waals surface area contributed by atoms with Crippen LogP contribution in [-0.4, -0.2) is 36.3 Å². The molecule has 0 spiro atoms. The lowest BCUT2D eigenvalue weighted by molar-refractivity contribution is -0.126. The molecule has 0 unspecified atom stereocenters. The number of nitrogens with zero attached hydrogens (tertiary/aromatic N) is 1. The summed E-state index contributed by atoms with van der Waals surface area (Å²) in [7, 11) is 0. The molecule has 1 saturated heterocycles. The minimum atomic E-state index is -0.0639. The summed E-state index contributed by atoms with van der Waals surface area (Å²) in [5, 5.41) is 3.73. The number of likely N-dealkylation sites (tertiary alicyclic amines) is 1. The molecular formula is C16H20Cl2N2O2. The van der Waals surface area contributed by atoms with Gasteiger partial charge in [-0.05, 0) is 37.5 Å². The molecule has 120 valence electrons. The van der Waals surface area contributed by atoms with Crippen molar-refractivity contribution in [2.45, 2.75) is 26.2 Å². The number of rotatable bonds is 4. The van der Waals surface area contributed by atoms with Crippen LogP contribution in [0.25, 0.3) is 0 Å². The average molecular weight is 343 g/mol. The van der Waals surface area contributed by atoms with Gasteiger partial charge in [-0.1, -0.05) is 30.1 Å². The average Bonchev–Trinajstić information content (AvgIpc) is 2.54. The molecule has 0 aromatic heterocycles. The van der Waals surface area contributed by atoms with Crippen LogP contribution < -0.4 is 5.32 Å². The molecule has 2 amide bonds. The first-order chi connectivity index (χ1) is 10.5. The van der Waals surface area contributed by atoms with Crippen LogP contribution in [0.1, 0.15) is 36.5 Å². The maximum absolute atomic E-state index is 12.4. The van der Waals surface area contributed by atoms with Gasteiger partial charge in [0.15, 0.2) is 0 Å². The van der Waals surface area contributed by atoms with Crippen molar-refractivity contribution in [1.82, 2.24) is 10.2 Å².